The van der Waals surface area contributed by atoms with Crippen molar-refractivity contribution in [2.45, 2.75) is 69.6 Å². The van der Waals surface area contributed by atoms with Crippen molar-refractivity contribution in [3.05, 3.63) is 29.3 Å². The minimum Gasteiger partial charge on any atom is -0.444 e. The fraction of sp³-hybridized carbons (Fsp3) is 0.524. The summed E-state index contributed by atoms with van der Waals surface area (Å²) in [5.41, 5.74) is -0.907. The Morgan fingerprint density at radius 1 is 1.17 bits per heavy atom. The molecule has 1 saturated carbocycles. The molecule has 30 heavy (non-hydrogen) atoms. The Kier molecular flexibility index (Phi) is 4.52. The summed E-state index contributed by atoms with van der Waals surface area (Å²) >= 11 is 0. The lowest BCUT2D eigenvalue weighted by Crippen LogP contribution is -2.61. The number of carbonyl (C=O) groups is 4. The van der Waals surface area contributed by atoms with Crippen LogP contribution >= 0.6 is 0 Å². The van der Waals surface area contributed by atoms with Crippen LogP contribution in [-0.4, -0.2) is 35.1 Å². The predicted molar refractivity (Wildman–Crippen MR) is 106 cm³/mol. The smallest absolute Gasteiger partial charge is 0.415 e. The third-order valence-corrected chi connectivity index (χ3v) is 5.78. The molecular formula is C21H25N3O6. The van der Waals surface area contributed by atoms with Crippen LogP contribution in [0.2, 0.25) is 0 Å². The average Bonchev–Trinajstić information content (AvgIpc) is 3.09. The zero-order valence-electron chi connectivity index (χ0n) is 17.2. The van der Waals surface area contributed by atoms with E-state index in [4.69, 9.17) is 9.47 Å². The highest BCUT2D eigenvalue weighted by atomic mass is 16.6. The van der Waals surface area contributed by atoms with Gasteiger partial charge in [0.1, 0.15) is 11.1 Å². The molecule has 2 fully saturated rings. The normalized spacial score (nSPS) is 23.8. The molecule has 4 amide bonds. The van der Waals surface area contributed by atoms with E-state index < -0.39 is 34.8 Å². The van der Waals surface area contributed by atoms with Gasteiger partial charge >= 0.3 is 12.2 Å². The number of rotatable bonds is 3. The Labute approximate surface area is 173 Å². The van der Waals surface area contributed by atoms with Crippen LogP contribution in [0.1, 0.15) is 57.6 Å². The minimum atomic E-state index is -1.28. The summed E-state index contributed by atoms with van der Waals surface area (Å²) < 4.78 is 10.6. The highest BCUT2D eigenvalue weighted by Crippen LogP contribution is 2.43. The number of benzene rings is 1. The van der Waals surface area contributed by atoms with E-state index >= 15 is 0 Å². The van der Waals surface area contributed by atoms with Crippen LogP contribution in [0, 0.1) is 0 Å². The summed E-state index contributed by atoms with van der Waals surface area (Å²) in [5.74, 6) is -0.768. The SMILES string of the molecule is CC(C)(C)OC(=O)NC1(C(=O)Nc2ccc3c(c2)CC[C@@]32OC(=O)NC2=O)CCC1. The van der Waals surface area contributed by atoms with Gasteiger partial charge in [0.2, 0.25) is 11.5 Å². The molecule has 4 rings (SSSR count). The lowest BCUT2D eigenvalue weighted by molar-refractivity contribution is -0.132. The fourth-order valence-electron chi connectivity index (χ4n) is 4.17. The number of anilines is 1. The molecule has 0 bridgehead atoms. The molecule has 9 heteroatoms. The van der Waals surface area contributed by atoms with Gasteiger partial charge in [0.15, 0.2) is 0 Å². The van der Waals surface area contributed by atoms with E-state index in [1.54, 1.807) is 39.0 Å². The standard InChI is InChI=1S/C21H25N3O6/c1-19(2,3)29-18(28)24-20(8-4-9-20)15(25)22-13-5-6-14-12(11-13)7-10-21(14)16(26)23-17(27)30-21/h5-6,11H,4,7-10H2,1-3H3,(H,22,25)(H,24,28)(H,23,26,27)/t21-/m1/s1. The fourth-order valence-corrected chi connectivity index (χ4v) is 4.17. The quantitative estimate of drug-likeness (QED) is 0.697. The van der Waals surface area contributed by atoms with Crippen LogP contribution in [0.4, 0.5) is 15.3 Å². The maximum Gasteiger partial charge on any atom is 0.415 e. The first-order valence-corrected chi connectivity index (χ1v) is 10.0. The number of imide groups is 1. The lowest BCUT2D eigenvalue weighted by atomic mass is 9.76. The molecule has 1 aromatic carbocycles. The average molecular weight is 415 g/mol. The molecule has 0 radical (unpaired) electrons. The van der Waals surface area contributed by atoms with Gasteiger partial charge in [-0.2, -0.15) is 0 Å². The summed E-state index contributed by atoms with van der Waals surface area (Å²) in [6.45, 7) is 5.29. The Morgan fingerprint density at radius 2 is 1.90 bits per heavy atom. The van der Waals surface area contributed by atoms with Crippen LogP contribution in [0.5, 0.6) is 0 Å². The number of ether oxygens (including phenoxy) is 2. The van der Waals surface area contributed by atoms with Gasteiger partial charge in [-0.15, -0.1) is 0 Å². The number of nitrogens with one attached hydrogen (secondary N) is 3. The number of amides is 4. The molecule has 1 heterocycles. The summed E-state index contributed by atoms with van der Waals surface area (Å²) in [7, 11) is 0. The maximum atomic E-state index is 12.9. The topological polar surface area (TPSA) is 123 Å². The number of alkyl carbamates (subject to hydrolysis) is 2. The molecule has 2 aliphatic carbocycles. The molecular weight excluding hydrogens is 390 g/mol. The number of carbonyl (C=O) groups excluding carboxylic acids is 4. The van der Waals surface area contributed by atoms with Crippen LogP contribution < -0.4 is 16.0 Å². The first-order chi connectivity index (χ1) is 14.0. The highest BCUT2D eigenvalue weighted by molar-refractivity contribution is 6.04. The van der Waals surface area contributed by atoms with Gasteiger partial charge in [-0.25, -0.2) is 9.59 Å². The van der Waals surface area contributed by atoms with Crippen LogP contribution in [-0.2, 0) is 31.1 Å². The van der Waals surface area contributed by atoms with Crippen molar-refractivity contribution in [1.29, 1.82) is 0 Å². The van der Waals surface area contributed by atoms with E-state index in [1.165, 1.54) is 0 Å². The molecule has 1 atom stereocenters. The van der Waals surface area contributed by atoms with Crippen LogP contribution in [0.3, 0.4) is 0 Å². The Balaban J connectivity index is 1.48. The maximum absolute atomic E-state index is 12.9. The molecule has 1 aromatic rings. The molecule has 1 spiro atoms. The van der Waals surface area contributed by atoms with E-state index in [0.29, 0.717) is 36.9 Å². The van der Waals surface area contributed by atoms with E-state index in [0.717, 1.165) is 12.0 Å². The van der Waals surface area contributed by atoms with Crippen molar-refractivity contribution < 1.29 is 28.7 Å². The molecule has 160 valence electrons. The molecule has 1 aliphatic heterocycles. The van der Waals surface area contributed by atoms with Gasteiger partial charge in [-0.3, -0.25) is 14.9 Å². The first kappa shape index (κ1) is 20.2. The van der Waals surface area contributed by atoms with Crippen molar-refractivity contribution in [3.63, 3.8) is 0 Å². The summed E-state index contributed by atoms with van der Waals surface area (Å²) in [5, 5.41) is 7.77. The zero-order chi connectivity index (χ0) is 21.7. The van der Waals surface area contributed by atoms with E-state index in [2.05, 4.69) is 16.0 Å². The monoisotopic (exact) mass is 415 g/mol. The Bertz CT molecular complexity index is 947. The number of fused-ring (bicyclic) bond motifs is 2. The number of hydrogen-bond acceptors (Lipinski definition) is 6. The van der Waals surface area contributed by atoms with E-state index in [1.807, 2.05) is 0 Å². The van der Waals surface area contributed by atoms with Crippen molar-refractivity contribution >= 4 is 29.7 Å². The zero-order valence-corrected chi connectivity index (χ0v) is 17.2. The summed E-state index contributed by atoms with van der Waals surface area (Å²) in [6.07, 6.45) is 1.43. The minimum absolute atomic E-state index is 0.308. The second kappa shape index (κ2) is 6.72. The lowest BCUT2D eigenvalue weighted by Gasteiger charge is -2.40. The van der Waals surface area contributed by atoms with Gasteiger partial charge in [0, 0.05) is 17.7 Å². The molecule has 3 N–H and O–H groups in total. The highest BCUT2D eigenvalue weighted by Gasteiger charge is 2.54. The van der Waals surface area contributed by atoms with Crippen molar-refractivity contribution in [3.8, 4) is 0 Å². The van der Waals surface area contributed by atoms with Gasteiger partial charge in [-0.1, -0.05) is 6.07 Å². The largest absolute Gasteiger partial charge is 0.444 e. The van der Waals surface area contributed by atoms with Crippen molar-refractivity contribution in [1.82, 2.24) is 10.6 Å². The number of aryl methyl sites for hydroxylation is 1. The predicted octanol–water partition coefficient (Wildman–Crippen LogP) is 2.48. The van der Waals surface area contributed by atoms with Crippen LogP contribution in [0.25, 0.3) is 0 Å². The van der Waals surface area contributed by atoms with Gasteiger partial charge < -0.3 is 20.1 Å². The summed E-state index contributed by atoms with van der Waals surface area (Å²) in [4.78, 5) is 48.9. The van der Waals surface area contributed by atoms with Crippen molar-refractivity contribution in [2.75, 3.05) is 5.32 Å². The third-order valence-electron chi connectivity index (χ3n) is 5.78. The molecule has 0 aromatic heterocycles. The second-order valence-corrected chi connectivity index (χ2v) is 9.06. The number of hydrogen-bond donors (Lipinski definition) is 3. The third kappa shape index (κ3) is 3.38. The summed E-state index contributed by atoms with van der Waals surface area (Å²) in [6, 6.07) is 5.15. The molecule has 1 saturated heterocycles. The van der Waals surface area contributed by atoms with E-state index in [9.17, 15) is 19.2 Å². The first-order valence-electron chi connectivity index (χ1n) is 10.0. The van der Waals surface area contributed by atoms with Crippen LogP contribution in [0.15, 0.2) is 18.2 Å². The Hall–Kier alpha value is -3.10. The van der Waals surface area contributed by atoms with Gasteiger partial charge in [0.05, 0.1) is 0 Å². The Morgan fingerprint density at radius 3 is 2.47 bits per heavy atom. The van der Waals surface area contributed by atoms with Crippen molar-refractivity contribution in [2.24, 2.45) is 0 Å². The van der Waals surface area contributed by atoms with Gasteiger partial charge in [-0.05, 0) is 64.2 Å². The molecule has 9 nitrogen and oxygen atoms in total. The van der Waals surface area contributed by atoms with E-state index in [-0.39, 0.29) is 5.91 Å². The molecule has 0 unspecified atom stereocenters. The van der Waals surface area contributed by atoms with Gasteiger partial charge in [0.25, 0.3) is 5.91 Å². The molecule has 3 aliphatic rings. The second-order valence-electron chi connectivity index (χ2n) is 9.06.